The van der Waals surface area contributed by atoms with Crippen molar-refractivity contribution in [3.63, 3.8) is 0 Å². The number of aryl methyl sites for hydroxylation is 1. The molecule has 39 heavy (non-hydrogen) atoms. The third-order valence-electron chi connectivity index (χ3n) is 6.13. The van der Waals surface area contributed by atoms with Crippen LogP contribution in [0, 0.1) is 12.7 Å². The first-order valence-electron chi connectivity index (χ1n) is 12.3. The van der Waals surface area contributed by atoms with E-state index in [0.29, 0.717) is 22.2 Å². The van der Waals surface area contributed by atoms with Crippen molar-refractivity contribution in [1.82, 2.24) is 10.2 Å². The van der Waals surface area contributed by atoms with Gasteiger partial charge in [0.05, 0.1) is 10.6 Å². The number of hydrogen-bond donors (Lipinski definition) is 1. The summed E-state index contributed by atoms with van der Waals surface area (Å²) >= 11 is 12.8. The fourth-order valence-electron chi connectivity index (χ4n) is 4.04. The summed E-state index contributed by atoms with van der Waals surface area (Å²) in [5.74, 6) is -1.62. The summed E-state index contributed by atoms with van der Waals surface area (Å²) < 4.78 is 42.2. The van der Waals surface area contributed by atoms with E-state index in [2.05, 4.69) is 5.32 Å². The van der Waals surface area contributed by atoms with Crippen LogP contribution in [0.5, 0.6) is 0 Å². The molecule has 0 bridgehead atoms. The van der Waals surface area contributed by atoms with Gasteiger partial charge >= 0.3 is 0 Å². The first kappa shape index (κ1) is 30.4. The van der Waals surface area contributed by atoms with Crippen molar-refractivity contribution in [2.24, 2.45) is 0 Å². The number of halogens is 3. The van der Waals surface area contributed by atoms with Gasteiger partial charge in [-0.25, -0.2) is 12.8 Å². The van der Waals surface area contributed by atoms with Crippen LogP contribution in [0.4, 0.5) is 10.1 Å². The lowest BCUT2D eigenvalue weighted by atomic mass is 10.1. The van der Waals surface area contributed by atoms with E-state index >= 15 is 0 Å². The highest BCUT2D eigenvalue weighted by molar-refractivity contribution is 7.92. The van der Waals surface area contributed by atoms with Crippen LogP contribution in [0.3, 0.4) is 0 Å². The summed E-state index contributed by atoms with van der Waals surface area (Å²) in [6, 6.07) is 14.9. The Kier molecular flexibility index (Phi) is 10.4. The summed E-state index contributed by atoms with van der Waals surface area (Å²) in [4.78, 5) is 28.2. The second-order valence-electron chi connectivity index (χ2n) is 8.84. The topological polar surface area (TPSA) is 86.8 Å². The number of nitrogens with one attached hydrogen (secondary N) is 1. The van der Waals surface area contributed by atoms with Crippen molar-refractivity contribution in [1.29, 1.82) is 0 Å². The molecule has 0 aromatic heterocycles. The van der Waals surface area contributed by atoms with Crippen molar-refractivity contribution in [2.75, 3.05) is 17.4 Å². The fraction of sp³-hybridized carbons (Fsp3) is 0.286. The highest BCUT2D eigenvalue weighted by atomic mass is 35.5. The molecule has 0 aliphatic heterocycles. The summed E-state index contributed by atoms with van der Waals surface area (Å²) in [6.07, 6.45) is 0.251. The van der Waals surface area contributed by atoms with Gasteiger partial charge < -0.3 is 10.2 Å². The molecule has 208 valence electrons. The molecule has 0 saturated carbocycles. The standard InChI is InChI=1S/C28H30Cl2FN3O4S/c1-4-26(28(36)32-5-2)33(17-23-24(29)7-6-8-25(23)30)27(35)18-34(21-13-11-20(31)12-14-21)39(37,38)22-15-9-19(3)10-16-22/h6-16,26H,4-5,17-18H2,1-3H3,(H,32,36)/t26-/m1/s1. The maximum Gasteiger partial charge on any atom is 0.264 e. The molecule has 0 fully saturated rings. The van der Waals surface area contributed by atoms with Crippen molar-refractivity contribution >= 4 is 50.7 Å². The molecule has 7 nitrogen and oxygen atoms in total. The van der Waals surface area contributed by atoms with Gasteiger partial charge in [-0.2, -0.15) is 0 Å². The van der Waals surface area contributed by atoms with Crippen LogP contribution >= 0.6 is 23.2 Å². The number of anilines is 1. The molecule has 3 rings (SSSR count). The summed E-state index contributed by atoms with van der Waals surface area (Å²) in [5.41, 5.74) is 1.37. The van der Waals surface area contributed by atoms with Gasteiger partial charge in [-0.05, 0) is 68.8 Å². The van der Waals surface area contributed by atoms with E-state index in [-0.39, 0.29) is 23.5 Å². The van der Waals surface area contributed by atoms with Crippen LogP contribution in [0.25, 0.3) is 0 Å². The number of likely N-dealkylation sites (N-methyl/N-ethyl adjacent to an activating group) is 1. The van der Waals surface area contributed by atoms with Gasteiger partial charge in [0.2, 0.25) is 11.8 Å². The fourth-order valence-corrected chi connectivity index (χ4v) is 5.97. The van der Waals surface area contributed by atoms with Crippen molar-refractivity contribution in [3.8, 4) is 0 Å². The molecule has 0 saturated heterocycles. The predicted octanol–water partition coefficient (Wildman–Crippen LogP) is 5.58. The van der Waals surface area contributed by atoms with Gasteiger partial charge in [0, 0.05) is 28.7 Å². The number of carbonyl (C=O) groups is 2. The summed E-state index contributed by atoms with van der Waals surface area (Å²) in [7, 11) is -4.25. The normalized spacial score (nSPS) is 12.1. The average Bonchev–Trinajstić information content (AvgIpc) is 2.89. The van der Waals surface area contributed by atoms with Gasteiger partial charge in [-0.1, -0.05) is 53.9 Å². The van der Waals surface area contributed by atoms with Gasteiger partial charge in [-0.3, -0.25) is 13.9 Å². The predicted molar refractivity (Wildman–Crippen MR) is 152 cm³/mol. The van der Waals surface area contributed by atoms with Crippen LogP contribution in [0.1, 0.15) is 31.4 Å². The van der Waals surface area contributed by atoms with Gasteiger partial charge in [0.25, 0.3) is 10.0 Å². The minimum Gasteiger partial charge on any atom is -0.355 e. The molecule has 3 aromatic rings. The number of amides is 2. The van der Waals surface area contributed by atoms with Gasteiger partial charge in [0.15, 0.2) is 0 Å². The lowest BCUT2D eigenvalue weighted by Gasteiger charge is -2.33. The third kappa shape index (κ3) is 7.29. The molecule has 1 atom stereocenters. The first-order valence-corrected chi connectivity index (χ1v) is 14.5. The molecular formula is C28H30Cl2FN3O4S. The molecule has 2 amide bonds. The largest absolute Gasteiger partial charge is 0.355 e. The second-order valence-corrected chi connectivity index (χ2v) is 11.5. The summed E-state index contributed by atoms with van der Waals surface area (Å²) in [5, 5.41) is 3.33. The monoisotopic (exact) mass is 593 g/mol. The minimum atomic E-state index is -4.25. The van der Waals surface area contributed by atoms with Gasteiger partial charge in [0.1, 0.15) is 18.4 Å². The van der Waals surface area contributed by atoms with Gasteiger partial charge in [-0.15, -0.1) is 0 Å². The first-order chi connectivity index (χ1) is 18.5. The highest BCUT2D eigenvalue weighted by Gasteiger charge is 2.34. The van der Waals surface area contributed by atoms with E-state index in [1.165, 1.54) is 29.2 Å². The Morgan fingerprint density at radius 2 is 1.54 bits per heavy atom. The quantitative estimate of drug-likeness (QED) is 0.314. The van der Waals surface area contributed by atoms with Crippen molar-refractivity contribution in [2.45, 2.75) is 44.7 Å². The molecule has 0 heterocycles. The van der Waals surface area contributed by atoms with E-state index in [0.717, 1.165) is 22.0 Å². The number of rotatable bonds is 11. The van der Waals surface area contributed by atoms with Crippen molar-refractivity contribution in [3.05, 3.63) is 93.7 Å². The van der Waals surface area contributed by atoms with E-state index in [1.54, 1.807) is 44.2 Å². The Labute approximate surface area is 238 Å². The van der Waals surface area contributed by atoms with E-state index < -0.39 is 40.2 Å². The minimum absolute atomic E-state index is 0.0401. The molecular weight excluding hydrogens is 564 g/mol. The van der Waals surface area contributed by atoms with Crippen molar-refractivity contribution < 1.29 is 22.4 Å². The Bertz CT molecular complexity index is 1400. The van der Waals surface area contributed by atoms with Crippen LogP contribution in [-0.4, -0.2) is 44.3 Å². The Morgan fingerprint density at radius 1 is 0.949 bits per heavy atom. The molecule has 0 unspecified atom stereocenters. The number of hydrogen-bond acceptors (Lipinski definition) is 4. The third-order valence-corrected chi connectivity index (χ3v) is 8.63. The molecule has 0 aliphatic carbocycles. The SMILES string of the molecule is CCNC(=O)[C@@H](CC)N(Cc1c(Cl)cccc1Cl)C(=O)CN(c1ccc(F)cc1)S(=O)(=O)c1ccc(C)cc1. The lowest BCUT2D eigenvalue weighted by molar-refractivity contribution is -0.140. The number of nitrogens with zero attached hydrogens (tertiary/aromatic N) is 2. The maximum atomic E-state index is 13.9. The molecule has 0 radical (unpaired) electrons. The Hall–Kier alpha value is -3.14. The second kappa shape index (κ2) is 13.3. The molecule has 0 spiro atoms. The maximum absolute atomic E-state index is 13.9. The zero-order valence-electron chi connectivity index (χ0n) is 21.8. The number of benzene rings is 3. The molecule has 1 N–H and O–H groups in total. The van der Waals surface area contributed by atoms with E-state index in [1.807, 2.05) is 6.92 Å². The van der Waals surface area contributed by atoms with E-state index in [4.69, 9.17) is 23.2 Å². The molecule has 11 heteroatoms. The molecule has 0 aliphatic rings. The number of sulfonamides is 1. The Morgan fingerprint density at radius 3 is 2.08 bits per heavy atom. The van der Waals surface area contributed by atoms with Crippen LogP contribution in [0.2, 0.25) is 10.0 Å². The lowest BCUT2D eigenvalue weighted by Crippen LogP contribution is -2.52. The zero-order valence-corrected chi connectivity index (χ0v) is 24.2. The van der Waals surface area contributed by atoms with E-state index in [9.17, 15) is 22.4 Å². The van der Waals surface area contributed by atoms with Crippen LogP contribution in [0.15, 0.2) is 71.6 Å². The summed E-state index contributed by atoms with van der Waals surface area (Å²) in [6.45, 7) is 4.88. The number of carbonyl (C=O) groups excluding carboxylic acids is 2. The van der Waals surface area contributed by atoms with Crippen LogP contribution in [-0.2, 0) is 26.2 Å². The zero-order chi connectivity index (χ0) is 28.7. The van der Waals surface area contributed by atoms with Crippen LogP contribution < -0.4 is 9.62 Å². The average molecular weight is 595 g/mol. The molecule has 3 aromatic carbocycles. The smallest absolute Gasteiger partial charge is 0.264 e. The highest BCUT2D eigenvalue weighted by Crippen LogP contribution is 2.29. The Balaban J connectivity index is 2.09.